The van der Waals surface area contributed by atoms with Crippen molar-refractivity contribution in [3.63, 3.8) is 0 Å². The Morgan fingerprint density at radius 3 is 0.782 bits per heavy atom. The quantitative estimate of drug-likeness (QED) is 0.0222. The van der Waals surface area contributed by atoms with E-state index in [1.807, 2.05) is 0 Å². The lowest BCUT2D eigenvalue weighted by Gasteiger charge is -2.21. The van der Waals surface area contributed by atoms with Crippen LogP contribution in [0.25, 0.3) is 0 Å². The van der Waals surface area contributed by atoms with Gasteiger partial charge in [0.15, 0.2) is 12.2 Å². The average molecular weight is 1280 g/mol. The van der Waals surface area contributed by atoms with Crippen molar-refractivity contribution >= 4 is 39.5 Å². The molecule has 19 heteroatoms. The molecule has 87 heavy (non-hydrogen) atoms. The van der Waals surface area contributed by atoms with Crippen LogP contribution in [0.3, 0.4) is 0 Å². The second-order valence-electron chi connectivity index (χ2n) is 25.0. The van der Waals surface area contributed by atoms with Crippen molar-refractivity contribution in [3.05, 3.63) is 0 Å². The number of aliphatic hydroxyl groups is 1. The molecule has 0 radical (unpaired) electrons. The van der Waals surface area contributed by atoms with Crippen molar-refractivity contribution in [1.82, 2.24) is 0 Å². The van der Waals surface area contributed by atoms with Gasteiger partial charge in [-0.05, 0) is 31.6 Å². The van der Waals surface area contributed by atoms with Gasteiger partial charge in [0.2, 0.25) is 0 Å². The molecule has 516 valence electrons. The normalized spacial score (nSPS) is 14.1. The van der Waals surface area contributed by atoms with Crippen LogP contribution < -0.4 is 0 Å². The Morgan fingerprint density at radius 1 is 0.310 bits per heavy atom. The molecule has 0 rings (SSSR count). The van der Waals surface area contributed by atoms with Crippen LogP contribution in [0.2, 0.25) is 0 Å². The van der Waals surface area contributed by atoms with E-state index in [1.54, 1.807) is 0 Å². The highest BCUT2D eigenvalue weighted by Gasteiger charge is 2.30. The summed E-state index contributed by atoms with van der Waals surface area (Å²) in [7, 11) is -9.88. The summed E-state index contributed by atoms with van der Waals surface area (Å²) in [4.78, 5) is 72.0. The number of rotatable bonds is 68. The Morgan fingerprint density at radius 2 is 0.529 bits per heavy atom. The molecule has 0 aromatic rings. The highest BCUT2D eigenvalue weighted by atomic mass is 31.2. The summed E-state index contributed by atoms with van der Waals surface area (Å²) in [6.45, 7) is 7.11. The minimum absolute atomic E-state index is 0.104. The first-order chi connectivity index (χ1) is 42.0. The summed E-state index contributed by atoms with van der Waals surface area (Å²) >= 11 is 0. The third-order valence-electron chi connectivity index (χ3n) is 15.8. The van der Waals surface area contributed by atoms with Crippen LogP contribution in [-0.2, 0) is 65.4 Å². The Hall–Kier alpha value is -1.94. The maximum Gasteiger partial charge on any atom is 0.472 e. The van der Waals surface area contributed by atoms with Crippen molar-refractivity contribution in [2.24, 2.45) is 5.92 Å². The largest absolute Gasteiger partial charge is 0.472 e. The Kier molecular flexibility index (Phi) is 60.2. The van der Waals surface area contributed by atoms with E-state index in [9.17, 15) is 43.2 Å². The highest BCUT2D eigenvalue weighted by Crippen LogP contribution is 2.45. The van der Waals surface area contributed by atoms with Gasteiger partial charge in [0, 0.05) is 25.7 Å². The van der Waals surface area contributed by atoms with Gasteiger partial charge in [-0.25, -0.2) is 9.13 Å². The summed E-state index contributed by atoms with van der Waals surface area (Å²) in [5.41, 5.74) is 0. The Balaban J connectivity index is 5.11. The zero-order valence-electron chi connectivity index (χ0n) is 56.2. The fraction of sp³-hybridized carbons (Fsp3) is 0.941. The first-order valence-electron chi connectivity index (χ1n) is 35.6. The molecule has 0 aliphatic heterocycles. The van der Waals surface area contributed by atoms with Crippen LogP contribution in [-0.4, -0.2) is 96.7 Å². The lowest BCUT2D eigenvalue weighted by Crippen LogP contribution is -2.30. The number of hydrogen-bond acceptors (Lipinski definition) is 15. The number of hydrogen-bond donors (Lipinski definition) is 3. The van der Waals surface area contributed by atoms with Gasteiger partial charge in [-0.15, -0.1) is 0 Å². The van der Waals surface area contributed by atoms with Crippen LogP contribution in [0.1, 0.15) is 349 Å². The van der Waals surface area contributed by atoms with E-state index in [2.05, 4.69) is 34.6 Å². The maximum absolute atomic E-state index is 13.0. The minimum Gasteiger partial charge on any atom is -0.462 e. The number of carbonyl (C=O) groups is 4. The fourth-order valence-corrected chi connectivity index (χ4v) is 11.9. The number of phosphoric acid groups is 2. The number of esters is 4. The van der Waals surface area contributed by atoms with Gasteiger partial charge in [-0.1, -0.05) is 298 Å². The molecule has 0 amide bonds. The first kappa shape index (κ1) is 85.1. The summed E-state index contributed by atoms with van der Waals surface area (Å²) in [5, 5.41) is 10.5. The summed E-state index contributed by atoms with van der Waals surface area (Å²) in [6, 6.07) is 0. The molecule has 3 N–H and O–H groups in total. The molecule has 0 saturated carbocycles. The van der Waals surface area contributed by atoms with E-state index in [0.29, 0.717) is 25.7 Å². The summed E-state index contributed by atoms with van der Waals surface area (Å²) in [5.74, 6) is -1.37. The molecule has 0 aliphatic carbocycles. The number of unbranched alkanes of at least 4 members (excludes halogenated alkanes) is 40. The van der Waals surface area contributed by atoms with Crippen LogP contribution >= 0.6 is 15.6 Å². The van der Waals surface area contributed by atoms with E-state index in [4.69, 9.17) is 37.0 Å². The molecule has 0 saturated heterocycles. The predicted molar refractivity (Wildman–Crippen MR) is 349 cm³/mol. The van der Waals surface area contributed by atoms with Gasteiger partial charge in [0.1, 0.15) is 19.3 Å². The van der Waals surface area contributed by atoms with E-state index in [0.717, 1.165) is 109 Å². The SMILES string of the molecule is CCCCCCCCCCCCCCCCCCCCCCC(=O)O[C@H](COC(=O)CCCCCCCCCCCCCC(C)C)COP(=O)(O)OC[C@@H](O)COP(=O)(O)OC[C@@H](COC(=O)CCCCCCC)OC(=O)CCCCCCCCCC. The highest BCUT2D eigenvalue weighted by molar-refractivity contribution is 7.47. The van der Waals surface area contributed by atoms with Crippen LogP contribution in [0.5, 0.6) is 0 Å². The first-order valence-corrected chi connectivity index (χ1v) is 38.6. The van der Waals surface area contributed by atoms with Crippen LogP contribution in [0, 0.1) is 5.92 Å². The molecular formula is C68H132O17P2. The second-order valence-corrected chi connectivity index (χ2v) is 27.9. The molecule has 0 aliphatic rings. The van der Waals surface area contributed by atoms with Crippen LogP contribution in [0.4, 0.5) is 0 Å². The molecule has 0 heterocycles. The van der Waals surface area contributed by atoms with Crippen molar-refractivity contribution < 1.29 is 80.2 Å². The van der Waals surface area contributed by atoms with Gasteiger partial charge in [0.05, 0.1) is 26.4 Å². The molecule has 0 spiro atoms. The summed E-state index contributed by atoms with van der Waals surface area (Å²) in [6.07, 6.45) is 47.8. The smallest absolute Gasteiger partial charge is 0.462 e. The number of phosphoric ester groups is 2. The molecular weight excluding hydrogens is 1150 g/mol. The van der Waals surface area contributed by atoms with E-state index in [-0.39, 0.29) is 25.7 Å². The topological polar surface area (TPSA) is 237 Å². The fourth-order valence-electron chi connectivity index (χ4n) is 10.3. The molecule has 17 nitrogen and oxygen atoms in total. The van der Waals surface area contributed by atoms with Gasteiger partial charge >= 0.3 is 39.5 Å². The number of ether oxygens (including phenoxy) is 4. The summed E-state index contributed by atoms with van der Waals surface area (Å²) < 4.78 is 67.9. The van der Waals surface area contributed by atoms with E-state index < -0.39 is 97.5 Å². The third kappa shape index (κ3) is 62.6. The Labute approximate surface area is 530 Å². The standard InChI is InChI=1S/C68H132O17P2/c1-6-9-12-15-17-19-20-21-22-23-24-25-26-27-28-31-35-39-44-49-54-68(73)85-64(58-79-66(71)52-47-42-38-34-32-29-30-33-36-41-45-50-61(4)5)60-83-87(76,77)81-56-62(69)55-80-86(74,75)82-59-63(57-78-65(70)51-46-40-14-11-8-3)84-67(72)53-48-43-37-18-16-13-10-7-2/h61-64,69H,6-60H2,1-5H3,(H,74,75)(H,76,77)/t62-,63+,64+/m0/s1. The molecule has 0 aromatic carbocycles. The molecule has 5 atom stereocenters. The Bertz CT molecular complexity index is 1690. The lowest BCUT2D eigenvalue weighted by molar-refractivity contribution is -0.161. The van der Waals surface area contributed by atoms with Gasteiger partial charge in [-0.2, -0.15) is 0 Å². The zero-order chi connectivity index (χ0) is 64.2. The van der Waals surface area contributed by atoms with Crippen molar-refractivity contribution in [2.45, 2.75) is 368 Å². The predicted octanol–water partition coefficient (Wildman–Crippen LogP) is 19.4. The maximum atomic E-state index is 13.0. The molecule has 0 bridgehead atoms. The van der Waals surface area contributed by atoms with Crippen LogP contribution in [0.15, 0.2) is 0 Å². The minimum atomic E-state index is -4.95. The van der Waals surface area contributed by atoms with Crippen molar-refractivity contribution in [1.29, 1.82) is 0 Å². The van der Waals surface area contributed by atoms with Gasteiger partial charge in [0.25, 0.3) is 0 Å². The zero-order valence-corrected chi connectivity index (χ0v) is 57.9. The van der Waals surface area contributed by atoms with Gasteiger partial charge < -0.3 is 33.8 Å². The molecule has 2 unspecified atom stereocenters. The van der Waals surface area contributed by atoms with Gasteiger partial charge in [-0.3, -0.25) is 37.3 Å². The third-order valence-corrected chi connectivity index (χ3v) is 17.7. The van der Waals surface area contributed by atoms with Crippen molar-refractivity contribution in [3.8, 4) is 0 Å². The number of carbonyl (C=O) groups excluding carboxylic acids is 4. The monoisotopic (exact) mass is 1280 g/mol. The van der Waals surface area contributed by atoms with Crippen molar-refractivity contribution in [2.75, 3.05) is 39.6 Å². The molecule has 0 aromatic heterocycles. The molecule has 0 fully saturated rings. The van der Waals surface area contributed by atoms with E-state index >= 15 is 0 Å². The average Bonchev–Trinajstić information content (AvgIpc) is 3.58. The van der Waals surface area contributed by atoms with E-state index in [1.165, 1.54) is 161 Å². The second kappa shape index (κ2) is 61.6. The lowest BCUT2D eigenvalue weighted by atomic mass is 10.0. The number of aliphatic hydroxyl groups excluding tert-OH is 1.